The second-order valence-corrected chi connectivity index (χ2v) is 15.2. The third-order valence-electron chi connectivity index (χ3n) is 11.7. The molecule has 0 bridgehead atoms. The van der Waals surface area contributed by atoms with Crippen LogP contribution in [-0.4, -0.2) is 19.1 Å². The molecule has 0 N–H and O–H groups in total. The molecule has 8 aromatic carbocycles. The minimum Gasteiger partial charge on any atom is -0.309 e. The first-order valence-electron chi connectivity index (χ1n) is 20.2. The lowest BCUT2D eigenvalue weighted by molar-refractivity contribution is 1.17. The van der Waals surface area contributed by atoms with E-state index in [1.54, 1.807) is 24.3 Å². The van der Waals surface area contributed by atoms with Gasteiger partial charge in [-0.2, -0.15) is 15.8 Å². The Morgan fingerprint density at radius 2 is 0.823 bits per heavy atom. The van der Waals surface area contributed by atoms with E-state index in [9.17, 15) is 15.8 Å². The number of para-hydroxylation sites is 3. The maximum absolute atomic E-state index is 10.5. The molecule has 3 aromatic heterocycles. The number of hydrogen-bond acceptors (Lipinski definition) is 5. The molecule has 0 saturated carbocycles. The van der Waals surface area contributed by atoms with Crippen LogP contribution in [-0.2, 0) is 0 Å². The van der Waals surface area contributed by atoms with Gasteiger partial charge in [0.05, 0.1) is 68.4 Å². The van der Waals surface area contributed by atoms with Crippen molar-refractivity contribution in [1.82, 2.24) is 19.1 Å². The molecule has 0 aliphatic rings. The summed E-state index contributed by atoms with van der Waals surface area (Å²) in [6.07, 6.45) is 0. The Morgan fingerprint density at radius 3 is 1.40 bits per heavy atom. The average Bonchev–Trinajstić information content (AvgIpc) is 3.86. The summed E-state index contributed by atoms with van der Waals surface area (Å²) in [7, 11) is 0. The van der Waals surface area contributed by atoms with E-state index in [1.165, 1.54) is 32.6 Å². The largest absolute Gasteiger partial charge is 0.309 e. The van der Waals surface area contributed by atoms with Gasteiger partial charge in [-0.15, -0.1) is 0 Å². The highest BCUT2D eigenvalue weighted by Crippen LogP contribution is 2.38. The second kappa shape index (κ2) is 14.6. The summed E-state index contributed by atoms with van der Waals surface area (Å²) in [6.45, 7) is 0. The molecule has 0 amide bonds. The first kappa shape index (κ1) is 36.0. The zero-order chi connectivity index (χ0) is 41.7. The lowest BCUT2D eigenvalue weighted by atomic mass is 9.96. The van der Waals surface area contributed by atoms with Gasteiger partial charge in [0.15, 0.2) is 5.82 Å². The fourth-order valence-corrected chi connectivity index (χ4v) is 8.70. The highest BCUT2D eigenvalue weighted by molar-refractivity contribution is 6.12. The van der Waals surface area contributed by atoms with E-state index in [1.807, 2.05) is 48.5 Å². The predicted octanol–water partition coefficient (Wildman–Crippen LogP) is 13.0. The Kier molecular flexibility index (Phi) is 8.50. The van der Waals surface area contributed by atoms with Crippen LogP contribution in [0.5, 0.6) is 0 Å². The van der Waals surface area contributed by atoms with Crippen molar-refractivity contribution in [3.8, 4) is 74.6 Å². The highest BCUT2D eigenvalue weighted by Gasteiger charge is 2.18. The molecule has 3 heterocycles. The second-order valence-electron chi connectivity index (χ2n) is 15.2. The van der Waals surface area contributed by atoms with E-state index in [2.05, 4.69) is 143 Å². The van der Waals surface area contributed by atoms with Gasteiger partial charge in [0.25, 0.3) is 0 Å². The molecule has 286 valence electrons. The average molecular weight is 790 g/mol. The Bertz CT molecular complexity index is 3570. The van der Waals surface area contributed by atoms with Gasteiger partial charge < -0.3 is 9.13 Å². The molecule has 11 aromatic rings. The summed E-state index contributed by atoms with van der Waals surface area (Å²) in [6, 6.07) is 69.8. The van der Waals surface area contributed by atoms with Gasteiger partial charge in [0, 0.05) is 49.6 Å². The first-order valence-corrected chi connectivity index (χ1v) is 20.2. The van der Waals surface area contributed by atoms with Crippen LogP contribution >= 0.6 is 0 Å². The number of nitriles is 3. The predicted molar refractivity (Wildman–Crippen MR) is 247 cm³/mol. The van der Waals surface area contributed by atoms with Gasteiger partial charge >= 0.3 is 0 Å². The van der Waals surface area contributed by atoms with E-state index in [-0.39, 0.29) is 0 Å². The molecule has 7 nitrogen and oxygen atoms in total. The lowest BCUT2D eigenvalue weighted by Gasteiger charge is -2.13. The Balaban J connectivity index is 0.972. The fourth-order valence-electron chi connectivity index (χ4n) is 8.70. The molecule has 62 heavy (non-hydrogen) atoms. The van der Waals surface area contributed by atoms with Crippen LogP contribution in [0, 0.1) is 34.0 Å². The summed E-state index contributed by atoms with van der Waals surface area (Å²) in [5.74, 6) is 0.484. The third-order valence-corrected chi connectivity index (χ3v) is 11.7. The molecule has 0 radical (unpaired) electrons. The van der Waals surface area contributed by atoms with Crippen LogP contribution in [0.2, 0.25) is 0 Å². The van der Waals surface area contributed by atoms with Crippen molar-refractivity contribution in [2.75, 3.05) is 0 Å². The quantitative estimate of drug-likeness (QED) is 0.167. The van der Waals surface area contributed by atoms with Gasteiger partial charge in [0.1, 0.15) is 0 Å². The Morgan fingerprint density at radius 1 is 0.355 bits per heavy atom. The number of aromatic nitrogens is 4. The van der Waals surface area contributed by atoms with Crippen molar-refractivity contribution in [1.29, 1.82) is 15.8 Å². The van der Waals surface area contributed by atoms with Crippen LogP contribution in [0.25, 0.3) is 100 Å². The summed E-state index contributed by atoms with van der Waals surface area (Å²) in [5.41, 5.74) is 13.7. The Hall–Kier alpha value is -9.09. The van der Waals surface area contributed by atoms with Gasteiger partial charge in [0.2, 0.25) is 0 Å². The van der Waals surface area contributed by atoms with Crippen molar-refractivity contribution < 1.29 is 0 Å². The summed E-state index contributed by atoms with van der Waals surface area (Å²) < 4.78 is 4.67. The molecule has 0 atom stereocenters. The van der Waals surface area contributed by atoms with Gasteiger partial charge in [-0.25, -0.2) is 9.97 Å². The number of fused-ring (bicyclic) bond motifs is 6. The zero-order valence-electron chi connectivity index (χ0n) is 33.0. The molecule has 0 unspecified atom stereocenters. The van der Waals surface area contributed by atoms with E-state index in [0.29, 0.717) is 33.9 Å². The number of benzene rings is 8. The van der Waals surface area contributed by atoms with Crippen LogP contribution in [0.4, 0.5) is 0 Å². The molecular formula is C55H31N7. The molecule has 0 fully saturated rings. The van der Waals surface area contributed by atoms with Crippen molar-refractivity contribution in [3.63, 3.8) is 0 Å². The van der Waals surface area contributed by atoms with E-state index >= 15 is 0 Å². The third kappa shape index (κ3) is 5.96. The number of nitrogens with zero attached hydrogens (tertiary/aromatic N) is 7. The monoisotopic (exact) mass is 789 g/mol. The van der Waals surface area contributed by atoms with Crippen LogP contribution < -0.4 is 0 Å². The minimum absolute atomic E-state index is 0.484. The van der Waals surface area contributed by atoms with Gasteiger partial charge in [-0.05, 0) is 108 Å². The van der Waals surface area contributed by atoms with Gasteiger partial charge in [-0.1, -0.05) is 91.0 Å². The highest BCUT2D eigenvalue weighted by atomic mass is 15.0. The Labute approximate surface area is 356 Å². The van der Waals surface area contributed by atoms with E-state index < -0.39 is 0 Å². The smallest absolute Gasteiger partial charge is 0.160 e. The minimum atomic E-state index is 0.484. The summed E-state index contributed by atoms with van der Waals surface area (Å²) in [5, 5.41) is 34.1. The zero-order valence-corrected chi connectivity index (χ0v) is 33.0. The normalized spacial score (nSPS) is 11.2. The standard InChI is InChI=1S/C55H31N7/c56-32-35-13-17-38(18-14-35)49-31-50(60-55(59-49)39-19-15-36(33-57)16-20-39)40-23-27-44(41(29-40)34-58)37-21-24-42(25-22-37)61-53-12-6-3-9-47(53)48-30-43(26-28-54(48)61)62-51-10-4-1-7-45(51)46-8-2-5-11-52(46)62/h1-31H. The molecule has 0 aliphatic heterocycles. The number of hydrogen-bond donors (Lipinski definition) is 0. The summed E-state index contributed by atoms with van der Waals surface area (Å²) in [4.78, 5) is 9.82. The maximum Gasteiger partial charge on any atom is 0.160 e. The molecule has 7 heteroatoms. The molecular weight excluding hydrogens is 759 g/mol. The van der Waals surface area contributed by atoms with Gasteiger partial charge in [-0.3, -0.25) is 0 Å². The topological polar surface area (TPSA) is 107 Å². The molecule has 0 aliphatic carbocycles. The lowest BCUT2D eigenvalue weighted by Crippen LogP contribution is -1.97. The molecule has 11 rings (SSSR count). The summed E-state index contributed by atoms with van der Waals surface area (Å²) >= 11 is 0. The molecule has 0 spiro atoms. The SMILES string of the molecule is N#Cc1ccc(-c2cc(-c3ccc(-c4ccc(-n5c6ccccc6c6cc(-n7c8ccccc8c8ccccc87)ccc65)cc4)c(C#N)c3)nc(-c3ccc(C#N)cc3)n2)cc1. The van der Waals surface area contributed by atoms with Crippen LogP contribution in [0.1, 0.15) is 16.7 Å². The first-order chi connectivity index (χ1) is 30.6. The van der Waals surface area contributed by atoms with E-state index in [0.717, 1.165) is 50.2 Å². The molecule has 0 saturated heterocycles. The maximum atomic E-state index is 10.5. The fraction of sp³-hybridized carbons (Fsp3) is 0. The number of rotatable bonds is 6. The van der Waals surface area contributed by atoms with Crippen LogP contribution in [0.3, 0.4) is 0 Å². The van der Waals surface area contributed by atoms with Crippen LogP contribution in [0.15, 0.2) is 188 Å². The van der Waals surface area contributed by atoms with E-state index in [4.69, 9.17) is 9.97 Å². The van der Waals surface area contributed by atoms with Crippen molar-refractivity contribution in [2.24, 2.45) is 0 Å². The van der Waals surface area contributed by atoms with Crippen molar-refractivity contribution in [3.05, 3.63) is 205 Å². The van der Waals surface area contributed by atoms with Crippen molar-refractivity contribution >= 4 is 43.6 Å². The van der Waals surface area contributed by atoms with Crippen molar-refractivity contribution in [2.45, 2.75) is 0 Å².